The van der Waals surface area contributed by atoms with E-state index < -0.39 is 0 Å². The van der Waals surface area contributed by atoms with Crippen LogP contribution in [0.5, 0.6) is 0 Å². The van der Waals surface area contributed by atoms with E-state index in [0.717, 1.165) is 5.56 Å². The maximum atomic E-state index is 8.99. The molecule has 2 rings (SSSR count). The molecule has 1 heterocycles. The van der Waals surface area contributed by atoms with Crippen LogP contribution in [0.1, 0.15) is 17.0 Å². The Bertz CT molecular complexity index is 675. The lowest BCUT2D eigenvalue weighted by atomic mass is 10.2. The minimum atomic E-state index is 0.124. The zero-order valence-electron chi connectivity index (χ0n) is 9.26. The third-order valence-electron chi connectivity index (χ3n) is 2.46. The fourth-order valence-electron chi connectivity index (χ4n) is 1.59. The Morgan fingerprint density at radius 3 is 2.72 bits per heavy atom. The van der Waals surface area contributed by atoms with Gasteiger partial charge in [0, 0.05) is 6.54 Å². The molecule has 0 fully saturated rings. The van der Waals surface area contributed by atoms with Gasteiger partial charge in [0.2, 0.25) is 0 Å². The Morgan fingerprint density at radius 1 is 1.33 bits per heavy atom. The van der Waals surface area contributed by atoms with Crippen LogP contribution in [0.25, 0.3) is 0 Å². The van der Waals surface area contributed by atoms with Gasteiger partial charge in [-0.3, -0.25) is 0 Å². The zero-order valence-corrected chi connectivity index (χ0v) is 10.0. The fourth-order valence-corrected chi connectivity index (χ4v) is 1.71. The normalized spacial score (nSPS) is 9.72. The molecule has 18 heavy (non-hydrogen) atoms. The van der Waals surface area contributed by atoms with Gasteiger partial charge in [-0.15, -0.1) is 0 Å². The molecule has 2 N–H and O–H groups in total. The van der Waals surface area contributed by atoms with Gasteiger partial charge in [-0.1, -0.05) is 17.7 Å². The summed E-state index contributed by atoms with van der Waals surface area (Å²) in [6, 6.07) is 9.07. The van der Waals surface area contributed by atoms with Gasteiger partial charge in [0.1, 0.15) is 12.1 Å². The summed E-state index contributed by atoms with van der Waals surface area (Å²) < 4.78 is 1.60. The minimum absolute atomic E-state index is 0.124. The van der Waals surface area contributed by atoms with Gasteiger partial charge in [-0.05, 0) is 17.7 Å². The topological polar surface area (TPSA) is 91.4 Å². The Hall–Kier alpha value is -2.50. The van der Waals surface area contributed by atoms with Crippen molar-refractivity contribution in [1.82, 2.24) is 9.55 Å². The van der Waals surface area contributed by atoms with Crippen LogP contribution in [0.4, 0.5) is 5.69 Å². The van der Waals surface area contributed by atoms with Gasteiger partial charge < -0.3 is 10.3 Å². The highest BCUT2D eigenvalue weighted by atomic mass is 35.5. The fraction of sp³-hybridized carbons (Fsp3) is 0.0833. The van der Waals surface area contributed by atoms with Gasteiger partial charge in [0.05, 0.1) is 17.0 Å². The van der Waals surface area contributed by atoms with E-state index >= 15 is 0 Å². The van der Waals surface area contributed by atoms with Crippen molar-refractivity contribution >= 4 is 17.3 Å². The molecule has 5 nitrogen and oxygen atoms in total. The maximum absolute atomic E-state index is 8.99. The molecule has 1 aromatic carbocycles. The Balaban J connectivity index is 2.35. The molecular formula is C12H8ClN5. The maximum Gasteiger partial charge on any atom is 0.176 e. The molecule has 0 radical (unpaired) electrons. The number of aromatic nitrogens is 2. The van der Waals surface area contributed by atoms with E-state index in [1.165, 1.54) is 6.33 Å². The van der Waals surface area contributed by atoms with Crippen LogP contribution in [0, 0.1) is 22.7 Å². The monoisotopic (exact) mass is 257 g/mol. The van der Waals surface area contributed by atoms with E-state index in [1.54, 1.807) is 16.7 Å². The highest BCUT2D eigenvalue weighted by Crippen LogP contribution is 2.20. The number of anilines is 1. The Kier molecular flexibility index (Phi) is 3.18. The number of halogens is 1. The molecule has 0 unspecified atom stereocenters. The molecule has 0 aliphatic heterocycles. The summed E-state index contributed by atoms with van der Waals surface area (Å²) in [5, 5.41) is 18.3. The van der Waals surface area contributed by atoms with Crippen LogP contribution >= 0.6 is 11.6 Å². The van der Waals surface area contributed by atoms with Crippen LogP contribution in [-0.2, 0) is 6.54 Å². The first-order chi connectivity index (χ1) is 8.65. The summed E-state index contributed by atoms with van der Waals surface area (Å²) >= 11 is 5.83. The van der Waals surface area contributed by atoms with E-state index in [-0.39, 0.29) is 11.4 Å². The van der Waals surface area contributed by atoms with Crippen molar-refractivity contribution in [2.45, 2.75) is 6.54 Å². The Morgan fingerprint density at radius 2 is 2.11 bits per heavy atom. The highest BCUT2D eigenvalue weighted by Gasteiger charge is 2.10. The molecule has 1 aromatic heterocycles. The van der Waals surface area contributed by atoms with Crippen molar-refractivity contribution in [2.24, 2.45) is 0 Å². The van der Waals surface area contributed by atoms with Crippen molar-refractivity contribution in [3.05, 3.63) is 46.5 Å². The van der Waals surface area contributed by atoms with E-state index in [1.807, 2.05) is 18.2 Å². The first-order valence-electron chi connectivity index (χ1n) is 5.05. The van der Waals surface area contributed by atoms with E-state index in [0.29, 0.717) is 17.3 Å². The predicted octanol–water partition coefficient (Wildman–Crippen LogP) is 1.91. The summed E-state index contributed by atoms with van der Waals surface area (Å²) in [7, 11) is 0. The average Bonchev–Trinajstić information content (AvgIpc) is 2.75. The van der Waals surface area contributed by atoms with E-state index in [9.17, 15) is 0 Å². The lowest BCUT2D eigenvalue weighted by Crippen LogP contribution is -2.02. The van der Waals surface area contributed by atoms with Crippen molar-refractivity contribution < 1.29 is 0 Å². The van der Waals surface area contributed by atoms with Crippen LogP contribution < -0.4 is 5.73 Å². The summed E-state index contributed by atoms with van der Waals surface area (Å²) in [5.41, 5.74) is 7.43. The highest BCUT2D eigenvalue weighted by molar-refractivity contribution is 6.33. The molecule has 0 atom stereocenters. The number of hydrogen-bond acceptors (Lipinski definition) is 4. The predicted molar refractivity (Wildman–Crippen MR) is 66.6 cm³/mol. The number of imidazole rings is 1. The minimum Gasteiger partial charge on any atom is -0.398 e. The first-order valence-corrected chi connectivity index (χ1v) is 5.42. The SMILES string of the molecule is N#Cc1ncn(Cc2ccc(Cl)c(N)c2)c1C#N. The molecule has 0 aliphatic rings. The Labute approximate surface area is 109 Å². The second kappa shape index (κ2) is 4.79. The quantitative estimate of drug-likeness (QED) is 0.832. The molecule has 88 valence electrons. The smallest absolute Gasteiger partial charge is 0.176 e. The number of nitrogen functional groups attached to an aromatic ring is 1. The molecule has 6 heteroatoms. The number of nitrogens with two attached hydrogens (primary N) is 1. The molecule has 2 aromatic rings. The lowest BCUT2D eigenvalue weighted by Gasteiger charge is -2.06. The second-order valence-electron chi connectivity index (χ2n) is 3.65. The van der Waals surface area contributed by atoms with Crippen LogP contribution in [0.3, 0.4) is 0 Å². The second-order valence-corrected chi connectivity index (χ2v) is 4.06. The van der Waals surface area contributed by atoms with Gasteiger partial charge in [-0.25, -0.2) is 4.98 Å². The summed E-state index contributed by atoms with van der Waals surface area (Å²) in [4.78, 5) is 3.86. The third-order valence-corrected chi connectivity index (χ3v) is 2.81. The number of benzene rings is 1. The van der Waals surface area contributed by atoms with Crippen molar-refractivity contribution in [3.63, 3.8) is 0 Å². The molecule has 0 saturated carbocycles. The van der Waals surface area contributed by atoms with Crippen molar-refractivity contribution in [2.75, 3.05) is 5.73 Å². The molecular weight excluding hydrogens is 250 g/mol. The zero-order chi connectivity index (χ0) is 13.1. The molecule has 0 saturated heterocycles. The number of hydrogen-bond donors (Lipinski definition) is 1. The van der Waals surface area contributed by atoms with Gasteiger partial charge >= 0.3 is 0 Å². The number of nitriles is 2. The van der Waals surface area contributed by atoms with Gasteiger partial charge in [-0.2, -0.15) is 10.5 Å². The van der Waals surface area contributed by atoms with Crippen molar-refractivity contribution in [1.29, 1.82) is 10.5 Å². The number of nitrogens with zero attached hydrogens (tertiary/aromatic N) is 4. The number of rotatable bonds is 2. The molecule has 0 bridgehead atoms. The molecule has 0 aliphatic carbocycles. The molecule has 0 amide bonds. The lowest BCUT2D eigenvalue weighted by molar-refractivity contribution is 0.786. The average molecular weight is 258 g/mol. The van der Waals surface area contributed by atoms with Gasteiger partial charge in [0.25, 0.3) is 0 Å². The third kappa shape index (κ3) is 2.13. The van der Waals surface area contributed by atoms with E-state index in [4.69, 9.17) is 27.9 Å². The summed E-state index contributed by atoms with van der Waals surface area (Å²) in [5.74, 6) is 0. The summed E-state index contributed by atoms with van der Waals surface area (Å²) in [6.07, 6.45) is 1.46. The van der Waals surface area contributed by atoms with Crippen LogP contribution in [-0.4, -0.2) is 9.55 Å². The van der Waals surface area contributed by atoms with E-state index in [2.05, 4.69) is 4.98 Å². The summed E-state index contributed by atoms with van der Waals surface area (Å²) in [6.45, 7) is 0.416. The van der Waals surface area contributed by atoms with Crippen LogP contribution in [0.15, 0.2) is 24.5 Å². The largest absolute Gasteiger partial charge is 0.398 e. The first kappa shape index (κ1) is 12.0. The van der Waals surface area contributed by atoms with Gasteiger partial charge in [0.15, 0.2) is 11.4 Å². The molecule has 0 spiro atoms. The standard InChI is InChI=1S/C12H8ClN5/c13-9-2-1-8(3-10(9)16)6-18-7-17-11(4-14)12(18)5-15/h1-3,7H,6,16H2. The van der Waals surface area contributed by atoms with Crippen molar-refractivity contribution in [3.8, 4) is 12.1 Å². The van der Waals surface area contributed by atoms with Crippen LogP contribution in [0.2, 0.25) is 5.02 Å².